The van der Waals surface area contributed by atoms with Gasteiger partial charge in [-0.25, -0.2) is 0 Å². The van der Waals surface area contributed by atoms with Crippen molar-refractivity contribution < 1.29 is 4.79 Å². The molecule has 1 heterocycles. The number of carbonyl (C=O) groups excluding carboxylic acids is 1. The molecule has 0 unspecified atom stereocenters. The van der Waals surface area contributed by atoms with Gasteiger partial charge in [-0.1, -0.05) is 6.92 Å². The van der Waals surface area contributed by atoms with Crippen molar-refractivity contribution in [3.8, 4) is 6.07 Å². The Labute approximate surface area is 71.8 Å². The maximum atomic E-state index is 11.5. The van der Waals surface area contributed by atoms with Crippen molar-refractivity contribution >= 4 is 5.91 Å². The molecule has 64 valence electrons. The molecule has 0 spiro atoms. The zero-order valence-electron chi connectivity index (χ0n) is 7.13. The Morgan fingerprint density at radius 1 is 1.67 bits per heavy atom. The molecule has 3 nitrogen and oxygen atoms in total. The monoisotopic (exact) mass is 164 g/mol. The summed E-state index contributed by atoms with van der Waals surface area (Å²) in [5.41, 5.74) is -0.681. The lowest BCUT2D eigenvalue weighted by Crippen LogP contribution is -2.34. The third kappa shape index (κ3) is 0.726. The van der Waals surface area contributed by atoms with Crippen molar-refractivity contribution in [2.45, 2.75) is 19.8 Å². The maximum Gasteiger partial charge on any atom is 0.241 e. The number of nitrogens with zero attached hydrogens (tertiary/aromatic N) is 1. The smallest absolute Gasteiger partial charge is 0.241 e. The fourth-order valence-electron chi connectivity index (χ4n) is 2.16. The summed E-state index contributed by atoms with van der Waals surface area (Å²) >= 11 is 0. The van der Waals surface area contributed by atoms with Gasteiger partial charge in [0, 0.05) is 12.5 Å². The summed E-state index contributed by atoms with van der Waals surface area (Å²) in [4.78, 5) is 11.5. The first-order valence-electron chi connectivity index (χ1n) is 4.41. The normalized spacial score (nSPS) is 40.7. The van der Waals surface area contributed by atoms with E-state index in [1.54, 1.807) is 0 Å². The number of nitriles is 1. The van der Waals surface area contributed by atoms with E-state index in [1.165, 1.54) is 0 Å². The first-order valence-corrected chi connectivity index (χ1v) is 4.41. The minimum absolute atomic E-state index is 0.0417. The van der Waals surface area contributed by atoms with Crippen LogP contribution in [0.15, 0.2) is 0 Å². The van der Waals surface area contributed by atoms with E-state index in [9.17, 15) is 4.79 Å². The van der Waals surface area contributed by atoms with Crippen LogP contribution in [0.4, 0.5) is 0 Å². The van der Waals surface area contributed by atoms with Crippen molar-refractivity contribution in [3.63, 3.8) is 0 Å². The molecule has 2 fully saturated rings. The topological polar surface area (TPSA) is 52.9 Å². The Morgan fingerprint density at radius 2 is 2.33 bits per heavy atom. The predicted octanol–water partition coefficient (Wildman–Crippen LogP) is 0.672. The second-order valence-corrected chi connectivity index (χ2v) is 3.87. The number of amides is 1. The lowest BCUT2D eigenvalue weighted by molar-refractivity contribution is -0.126. The average molecular weight is 164 g/mol. The van der Waals surface area contributed by atoms with E-state index >= 15 is 0 Å². The molecule has 0 radical (unpaired) electrons. The van der Waals surface area contributed by atoms with Crippen molar-refractivity contribution in [1.82, 2.24) is 5.32 Å². The number of carbonyl (C=O) groups is 1. The molecule has 0 bridgehead atoms. The molecule has 0 aromatic rings. The number of hydrogen-bond acceptors (Lipinski definition) is 2. The van der Waals surface area contributed by atoms with Crippen LogP contribution in [0.5, 0.6) is 0 Å². The third-order valence-corrected chi connectivity index (χ3v) is 3.13. The van der Waals surface area contributed by atoms with Crippen LogP contribution >= 0.6 is 0 Å². The largest absolute Gasteiger partial charge is 0.354 e. The number of rotatable bonds is 1. The van der Waals surface area contributed by atoms with Crippen LogP contribution in [0.3, 0.4) is 0 Å². The summed E-state index contributed by atoms with van der Waals surface area (Å²) in [6.07, 6.45) is 2.09. The molecule has 1 aliphatic carbocycles. The molecular weight excluding hydrogens is 152 g/mol. The predicted molar refractivity (Wildman–Crippen MR) is 42.9 cm³/mol. The summed E-state index contributed by atoms with van der Waals surface area (Å²) in [6.45, 7) is 2.66. The zero-order chi connectivity index (χ0) is 8.77. The third-order valence-electron chi connectivity index (χ3n) is 3.13. The van der Waals surface area contributed by atoms with Crippen molar-refractivity contribution in [2.24, 2.45) is 17.3 Å². The van der Waals surface area contributed by atoms with E-state index in [2.05, 4.69) is 11.4 Å². The summed E-state index contributed by atoms with van der Waals surface area (Å²) in [7, 11) is 0. The first kappa shape index (κ1) is 7.60. The number of hydrogen-bond donors (Lipinski definition) is 1. The summed E-state index contributed by atoms with van der Waals surface area (Å²) < 4.78 is 0. The van der Waals surface area contributed by atoms with Crippen molar-refractivity contribution in [3.05, 3.63) is 0 Å². The summed E-state index contributed by atoms with van der Waals surface area (Å²) in [6, 6.07) is 2.23. The molecular formula is C9H12N2O. The quantitative estimate of drug-likeness (QED) is 0.619. The summed E-state index contributed by atoms with van der Waals surface area (Å²) in [5.74, 6) is 0.475. The van der Waals surface area contributed by atoms with Crippen LogP contribution in [-0.4, -0.2) is 12.5 Å². The molecule has 2 rings (SSSR count). The highest BCUT2D eigenvalue weighted by atomic mass is 16.2. The molecule has 1 saturated carbocycles. The van der Waals surface area contributed by atoms with Gasteiger partial charge in [0.2, 0.25) is 5.91 Å². The molecule has 0 aromatic carbocycles. The van der Waals surface area contributed by atoms with Gasteiger partial charge in [-0.3, -0.25) is 4.79 Å². The van der Waals surface area contributed by atoms with Crippen LogP contribution in [-0.2, 0) is 4.79 Å². The van der Waals surface area contributed by atoms with E-state index < -0.39 is 5.41 Å². The fraction of sp³-hybridized carbons (Fsp3) is 0.778. The maximum absolute atomic E-state index is 11.5. The molecule has 3 heteroatoms. The van der Waals surface area contributed by atoms with Crippen molar-refractivity contribution in [2.75, 3.05) is 6.54 Å². The summed E-state index contributed by atoms with van der Waals surface area (Å²) in [5, 5.41) is 11.8. The molecule has 2 aliphatic rings. The highest BCUT2D eigenvalue weighted by Gasteiger charge is 2.57. The van der Waals surface area contributed by atoms with Gasteiger partial charge in [-0.15, -0.1) is 0 Å². The molecule has 12 heavy (non-hydrogen) atoms. The van der Waals surface area contributed by atoms with E-state index in [0.29, 0.717) is 12.5 Å². The number of nitrogens with one attached hydrogen (secondary N) is 1. The van der Waals surface area contributed by atoms with Gasteiger partial charge in [-0.2, -0.15) is 5.26 Å². The zero-order valence-corrected chi connectivity index (χ0v) is 7.13. The molecule has 0 aromatic heterocycles. The molecule has 1 aliphatic heterocycles. The van der Waals surface area contributed by atoms with E-state index in [4.69, 9.17) is 5.26 Å². The molecule has 1 N–H and O–H groups in total. The Bertz CT molecular complexity index is 264. The first-order chi connectivity index (χ1) is 5.71. The Balaban J connectivity index is 2.36. The van der Waals surface area contributed by atoms with Crippen molar-refractivity contribution in [1.29, 1.82) is 5.26 Å². The Morgan fingerprint density at radius 3 is 2.67 bits per heavy atom. The van der Waals surface area contributed by atoms with E-state index in [-0.39, 0.29) is 11.8 Å². The fourth-order valence-corrected chi connectivity index (χ4v) is 2.16. The Kier molecular flexibility index (Phi) is 1.41. The van der Waals surface area contributed by atoms with Gasteiger partial charge in [0.25, 0.3) is 0 Å². The van der Waals surface area contributed by atoms with Gasteiger partial charge >= 0.3 is 0 Å². The highest BCUT2D eigenvalue weighted by Crippen LogP contribution is 2.51. The van der Waals surface area contributed by atoms with Gasteiger partial charge in [0.15, 0.2) is 0 Å². The Hall–Kier alpha value is -1.04. The standard InChI is InChI=1S/C9H12N2O/c1-6-4-11-8(12)9(6,5-10)7-2-3-7/h6-7H,2-4H2,1H3,(H,11,12)/t6-,9+/m0/s1. The minimum atomic E-state index is -0.681. The lowest BCUT2D eigenvalue weighted by Gasteiger charge is -2.21. The van der Waals surface area contributed by atoms with E-state index in [0.717, 1.165) is 12.8 Å². The average Bonchev–Trinajstić information content (AvgIpc) is 2.83. The van der Waals surface area contributed by atoms with Gasteiger partial charge in [0.1, 0.15) is 5.41 Å². The van der Waals surface area contributed by atoms with E-state index in [1.807, 2.05) is 6.92 Å². The molecule has 2 atom stereocenters. The van der Waals surface area contributed by atoms with Crippen LogP contribution in [0.1, 0.15) is 19.8 Å². The van der Waals surface area contributed by atoms with Crippen LogP contribution in [0.2, 0.25) is 0 Å². The second kappa shape index (κ2) is 2.22. The molecule has 1 amide bonds. The highest BCUT2D eigenvalue weighted by molar-refractivity contribution is 5.88. The van der Waals surface area contributed by atoms with Crippen LogP contribution in [0, 0.1) is 28.6 Å². The SMILES string of the molecule is C[C@H]1CNC(=O)[C@@]1(C#N)C1CC1. The lowest BCUT2D eigenvalue weighted by atomic mass is 9.75. The minimum Gasteiger partial charge on any atom is -0.354 e. The van der Waals surface area contributed by atoms with Gasteiger partial charge in [-0.05, 0) is 18.8 Å². The van der Waals surface area contributed by atoms with Gasteiger partial charge in [0.05, 0.1) is 6.07 Å². The molecule has 1 saturated heterocycles. The van der Waals surface area contributed by atoms with Crippen LogP contribution < -0.4 is 5.32 Å². The second-order valence-electron chi connectivity index (χ2n) is 3.87. The van der Waals surface area contributed by atoms with Gasteiger partial charge < -0.3 is 5.32 Å². The van der Waals surface area contributed by atoms with Crippen LogP contribution in [0.25, 0.3) is 0 Å².